The Morgan fingerprint density at radius 1 is 0.864 bits per heavy atom. The van der Waals surface area contributed by atoms with Gasteiger partial charge in [0.05, 0.1) is 23.2 Å². The van der Waals surface area contributed by atoms with Crippen molar-refractivity contribution in [2.24, 2.45) is 17.8 Å². The van der Waals surface area contributed by atoms with Crippen molar-refractivity contribution in [3.63, 3.8) is 0 Å². The first-order valence-corrected chi connectivity index (χ1v) is 14.9. The molecule has 222 valence electrons. The number of imide groups is 2. The Morgan fingerprint density at radius 3 is 2.18 bits per heavy atom. The maximum Gasteiger partial charge on any atom is 0.258 e. The van der Waals surface area contributed by atoms with Gasteiger partial charge in [-0.2, -0.15) is 0 Å². The number of hydrogen-bond acceptors (Lipinski definition) is 5. The maximum atomic E-state index is 14.3. The summed E-state index contributed by atoms with van der Waals surface area (Å²) in [5.41, 5.74) is 2.38. The number of amides is 4. The molecule has 6 unspecified atom stereocenters. The van der Waals surface area contributed by atoms with Crippen molar-refractivity contribution in [3.8, 4) is 5.75 Å². The molecule has 1 N–H and O–H groups in total. The highest BCUT2D eigenvalue weighted by atomic mass is 35.5. The van der Waals surface area contributed by atoms with Crippen molar-refractivity contribution in [3.05, 3.63) is 108 Å². The van der Waals surface area contributed by atoms with Gasteiger partial charge in [0, 0.05) is 5.92 Å². The van der Waals surface area contributed by atoms with Crippen molar-refractivity contribution < 1.29 is 28.7 Å². The second-order valence-electron chi connectivity index (χ2n) is 11.7. The zero-order chi connectivity index (χ0) is 31.1. The normalized spacial score (nSPS) is 31.0. The first-order valence-electron chi connectivity index (χ1n) is 14.1. The lowest BCUT2D eigenvalue weighted by atomic mass is 9.56. The first-order chi connectivity index (χ1) is 21.0. The molecule has 10 heteroatoms. The summed E-state index contributed by atoms with van der Waals surface area (Å²) in [4.78, 5) is 54.4. The minimum absolute atomic E-state index is 0.0900. The van der Waals surface area contributed by atoms with Gasteiger partial charge < -0.3 is 5.11 Å². The fraction of sp³-hybridized carbons (Fsp3) is 0.235. The summed E-state index contributed by atoms with van der Waals surface area (Å²) in [6, 6.07) is 17.9. The molecule has 1 saturated carbocycles. The fourth-order valence-corrected chi connectivity index (χ4v) is 8.43. The van der Waals surface area contributed by atoms with E-state index in [0.717, 1.165) is 22.6 Å². The Hall–Kier alpha value is -4.27. The molecule has 3 aromatic carbocycles. The van der Waals surface area contributed by atoms with Crippen LogP contribution >= 0.6 is 23.2 Å². The fourth-order valence-electron chi connectivity index (χ4n) is 7.49. The summed E-state index contributed by atoms with van der Waals surface area (Å²) in [7, 11) is 0. The van der Waals surface area contributed by atoms with Crippen molar-refractivity contribution in [1.29, 1.82) is 0 Å². The molecule has 2 aliphatic carbocycles. The minimum Gasteiger partial charge on any atom is -0.508 e. The van der Waals surface area contributed by atoms with Crippen molar-refractivity contribution in [2.75, 3.05) is 9.80 Å². The van der Waals surface area contributed by atoms with Gasteiger partial charge in [0.25, 0.3) is 11.8 Å². The van der Waals surface area contributed by atoms with Crippen LogP contribution in [0.15, 0.2) is 91.0 Å². The number of fused-ring (bicyclic) bond motifs is 4. The van der Waals surface area contributed by atoms with E-state index in [1.165, 1.54) is 29.2 Å². The van der Waals surface area contributed by atoms with Crippen LogP contribution in [-0.4, -0.2) is 38.5 Å². The largest absolute Gasteiger partial charge is 0.508 e. The molecule has 2 heterocycles. The van der Waals surface area contributed by atoms with Gasteiger partial charge in [-0.05, 0) is 78.4 Å². The zero-order valence-electron chi connectivity index (χ0n) is 23.1. The number of hydrogen-bond donors (Lipinski definition) is 1. The van der Waals surface area contributed by atoms with E-state index in [0.29, 0.717) is 16.8 Å². The number of carbonyl (C=O) groups is 4. The van der Waals surface area contributed by atoms with E-state index in [9.17, 15) is 28.7 Å². The van der Waals surface area contributed by atoms with Crippen molar-refractivity contribution in [1.82, 2.24) is 0 Å². The van der Waals surface area contributed by atoms with Crippen LogP contribution in [0, 0.1) is 23.6 Å². The Labute approximate surface area is 262 Å². The van der Waals surface area contributed by atoms with Crippen LogP contribution < -0.4 is 9.80 Å². The lowest BCUT2D eigenvalue weighted by Crippen LogP contribution is -2.60. The average Bonchev–Trinajstić information content (AvgIpc) is 3.35. The number of halogens is 3. The smallest absolute Gasteiger partial charge is 0.258 e. The summed E-state index contributed by atoms with van der Waals surface area (Å²) in [6.45, 7) is 3.74. The number of phenols is 1. The molecule has 3 fully saturated rings. The molecule has 7 nitrogen and oxygen atoms in total. The van der Waals surface area contributed by atoms with E-state index in [1.54, 1.807) is 42.5 Å². The monoisotopic (exact) mass is 630 g/mol. The highest BCUT2D eigenvalue weighted by Crippen LogP contribution is 2.66. The van der Waals surface area contributed by atoms with Gasteiger partial charge in [-0.1, -0.05) is 48.6 Å². The highest BCUT2D eigenvalue weighted by Gasteiger charge is 2.76. The molecule has 6 atom stereocenters. The van der Waals surface area contributed by atoms with Crippen LogP contribution in [-0.2, 0) is 19.2 Å². The van der Waals surface area contributed by atoms with Crippen molar-refractivity contribution in [2.45, 2.75) is 28.5 Å². The van der Waals surface area contributed by atoms with Crippen LogP contribution in [0.5, 0.6) is 5.75 Å². The van der Waals surface area contributed by atoms with Gasteiger partial charge in [-0.3, -0.25) is 24.1 Å². The molecule has 2 saturated heterocycles. The number of rotatable bonds is 4. The molecule has 44 heavy (non-hydrogen) atoms. The van der Waals surface area contributed by atoms with Gasteiger partial charge in [-0.15, -0.1) is 23.2 Å². The molecule has 0 radical (unpaired) electrons. The Morgan fingerprint density at radius 2 is 1.52 bits per heavy atom. The van der Waals surface area contributed by atoms with E-state index in [4.69, 9.17) is 23.2 Å². The second-order valence-corrected chi connectivity index (χ2v) is 12.9. The number of benzene rings is 3. The topological polar surface area (TPSA) is 95.0 Å². The number of aromatic hydroxyl groups is 1. The number of anilines is 2. The Bertz CT molecular complexity index is 1810. The minimum atomic E-state index is -2.06. The van der Waals surface area contributed by atoms with Crippen LogP contribution in [0.25, 0.3) is 6.08 Å². The molecule has 0 aromatic heterocycles. The van der Waals surface area contributed by atoms with Crippen LogP contribution in [0.4, 0.5) is 15.8 Å². The first kappa shape index (κ1) is 28.5. The number of alkyl halides is 2. The van der Waals surface area contributed by atoms with E-state index in [1.807, 2.05) is 6.08 Å². The summed E-state index contributed by atoms with van der Waals surface area (Å²) >= 11 is 14.6. The van der Waals surface area contributed by atoms with Crippen LogP contribution in [0.3, 0.4) is 0 Å². The molecule has 2 aliphatic heterocycles. The van der Waals surface area contributed by atoms with Gasteiger partial charge >= 0.3 is 0 Å². The van der Waals surface area contributed by atoms with E-state index >= 15 is 0 Å². The quantitative estimate of drug-likeness (QED) is 0.219. The Balaban J connectivity index is 1.38. The molecule has 7 rings (SSSR count). The number of carbonyl (C=O) groups excluding carboxylic acids is 4. The highest BCUT2D eigenvalue weighted by molar-refractivity contribution is 6.58. The van der Waals surface area contributed by atoms with Crippen LogP contribution in [0.1, 0.15) is 29.9 Å². The van der Waals surface area contributed by atoms with E-state index < -0.39 is 57.0 Å². The summed E-state index contributed by atoms with van der Waals surface area (Å²) in [5, 5.41) is 10.4. The van der Waals surface area contributed by atoms with E-state index in [-0.39, 0.29) is 30.2 Å². The summed E-state index contributed by atoms with van der Waals surface area (Å²) in [5.74, 6) is -6.33. The standard InChI is InChI=1S/C34H25Cl2FN2O5/c1-2-18-6-10-21(11-7-18)38-29(41)25-15-14-24-26(27(25)30(38)42)17-33(35)31(43)39(22-12-8-20(37)9-13-22)32(44)34(33,36)28(24)19-4-3-5-23(40)16-19/h2-14,16,25-28,40H,1,15,17H2. The molecular weight excluding hydrogens is 606 g/mol. The summed E-state index contributed by atoms with van der Waals surface area (Å²) < 4.78 is 13.8. The molecule has 0 bridgehead atoms. The average molecular weight is 631 g/mol. The molecule has 4 amide bonds. The maximum absolute atomic E-state index is 14.3. The predicted octanol–water partition coefficient (Wildman–Crippen LogP) is 5.94. The third kappa shape index (κ3) is 3.74. The van der Waals surface area contributed by atoms with Crippen LogP contribution in [0.2, 0.25) is 0 Å². The van der Waals surface area contributed by atoms with Crippen molar-refractivity contribution >= 4 is 64.3 Å². The second kappa shape index (κ2) is 9.87. The lowest BCUT2D eigenvalue weighted by molar-refractivity contribution is -0.125. The van der Waals surface area contributed by atoms with Gasteiger partial charge in [-0.25, -0.2) is 9.29 Å². The number of nitrogens with zero attached hydrogens (tertiary/aromatic N) is 2. The Kier molecular flexibility index (Phi) is 6.39. The number of phenolic OH excluding ortho intramolecular Hbond substituents is 1. The third-order valence-corrected chi connectivity index (χ3v) is 10.9. The summed E-state index contributed by atoms with van der Waals surface area (Å²) in [6.07, 6.45) is 3.51. The molecular formula is C34H25Cl2FN2O5. The molecule has 0 spiro atoms. The number of allylic oxidation sites excluding steroid dienone is 2. The van der Waals surface area contributed by atoms with Gasteiger partial charge in [0.15, 0.2) is 9.75 Å². The lowest BCUT2D eigenvalue weighted by Gasteiger charge is -2.50. The molecule has 3 aromatic rings. The van der Waals surface area contributed by atoms with Gasteiger partial charge in [0.1, 0.15) is 11.6 Å². The van der Waals surface area contributed by atoms with Gasteiger partial charge in [0.2, 0.25) is 11.8 Å². The zero-order valence-corrected chi connectivity index (χ0v) is 24.6. The van der Waals surface area contributed by atoms with E-state index in [2.05, 4.69) is 6.58 Å². The predicted molar refractivity (Wildman–Crippen MR) is 164 cm³/mol. The molecule has 4 aliphatic rings. The third-order valence-electron chi connectivity index (χ3n) is 9.49. The SMILES string of the molecule is C=Cc1ccc(N2C(=O)C3CC=C4C(CC5(Cl)C(=O)N(c6ccc(F)cc6)C(=O)C5(Cl)C4c4cccc(O)c4)C3C2=O)cc1.